The van der Waals surface area contributed by atoms with Gasteiger partial charge < -0.3 is 5.32 Å². The van der Waals surface area contributed by atoms with Crippen LogP contribution in [0.25, 0.3) is 32.0 Å². The average molecular weight is 386 g/mol. The molecule has 3 aromatic carbocycles. The van der Waals surface area contributed by atoms with Gasteiger partial charge in [-0.25, -0.2) is 9.97 Å². The molecule has 136 valence electrons. The lowest BCUT2D eigenvalue weighted by molar-refractivity contribution is -0.116. The lowest BCUT2D eigenvalue weighted by atomic mass is 10.1. The van der Waals surface area contributed by atoms with Crippen LogP contribution in [0.4, 0.5) is 5.13 Å². The number of para-hydroxylation sites is 2. The molecule has 1 amide bonds. The van der Waals surface area contributed by atoms with Crippen LogP contribution >= 0.6 is 11.3 Å². The molecule has 2 heterocycles. The van der Waals surface area contributed by atoms with Gasteiger partial charge in [-0.1, -0.05) is 53.8 Å². The van der Waals surface area contributed by atoms with Crippen molar-refractivity contribution in [3.8, 4) is 0 Å². The van der Waals surface area contributed by atoms with Gasteiger partial charge in [0.15, 0.2) is 5.13 Å². The molecule has 0 bridgehead atoms. The number of hydrogen-bond acceptors (Lipinski definition) is 5. The van der Waals surface area contributed by atoms with Crippen molar-refractivity contribution in [2.75, 3.05) is 5.32 Å². The van der Waals surface area contributed by atoms with E-state index >= 15 is 0 Å². The van der Waals surface area contributed by atoms with Crippen LogP contribution in [0.1, 0.15) is 0 Å². The molecule has 2 aromatic heterocycles. The predicted octanol–water partition coefficient (Wildman–Crippen LogP) is 3.80. The van der Waals surface area contributed by atoms with Gasteiger partial charge in [-0.15, -0.1) is 0 Å². The maximum Gasteiger partial charge on any atom is 0.269 e. The molecule has 0 aliphatic heterocycles. The lowest BCUT2D eigenvalue weighted by Crippen LogP contribution is -2.27. The summed E-state index contributed by atoms with van der Waals surface area (Å²) in [5.74, 6) is -0.304. The minimum Gasteiger partial charge on any atom is -0.300 e. The van der Waals surface area contributed by atoms with E-state index in [1.165, 1.54) is 22.1 Å². The summed E-state index contributed by atoms with van der Waals surface area (Å²) < 4.78 is 2.42. The number of aromatic nitrogens is 3. The molecule has 0 saturated heterocycles. The second-order valence-electron chi connectivity index (χ2n) is 6.37. The van der Waals surface area contributed by atoms with Crippen molar-refractivity contribution in [3.63, 3.8) is 0 Å². The number of benzene rings is 3. The summed E-state index contributed by atoms with van der Waals surface area (Å²) in [6.45, 7) is -0.0987. The standard InChI is InChI=1S/C21H14N4O2S/c26-18(12-25-16-8-4-3-7-15(16)22-11-19(25)27)23-21-24-20-14-6-2-1-5-13(14)9-10-17(20)28-21/h1-11H,12H2,(H,23,24,26). The second kappa shape index (κ2) is 6.54. The number of thiazole rings is 1. The highest BCUT2D eigenvalue weighted by molar-refractivity contribution is 7.22. The summed E-state index contributed by atoms with van der Waals surface area (Å²) in [6.07, 6.45) is 1.24. The molecule has 0 spiro atoms. The van der Waals surface area contributed by atoms with E-state index in [0.29, 0.717) is 16.2 Å². The van der Waals surface area contributed by atoms with Gasteiger partial charge in [0, 0.05) is 5.39 Å². The maximum absolute atomic E-state index is 12.6. The number of amides is 1. The molecular formula is C21H14N4O2S. The fourth-order valence-corrected chi connectivity index (χ4v) is 4.19. The zero-order valence-electron chi connectivity index (χ0n) is 14.6. The first-order valence-electron chi connectivity index (χ1n) is 8.72. The minimum atomic E-state index is -0.316. The molecule has 0 saturated carbocycles. The first kappa shape index (κ1) is 16.6. The van der Waals surface area contributed by atoms with Crippen molar-refractivity contribution in [3.05, 3.63) is 77.2 Å². The van der Waals surface area contributed by atoms with E-state index < -0.39 is 0 Å². The number of nitrogens with one attached hydrogen (secondary N) is 1. The van der Waals surface area contributed by atoms with E-state index in [0.717, 1.165) is 21.0 Å². The lowest BCUT2D eigenvalue weighted by Gasteiger charge is -2.08. The zero-order valence-corrected chi connectivity index (χ0v) is 15.4. The average Bonchev–Trinajstić information content (AvgIpc) is 3.13. The minimum absolute atomic E-state index is 0.0987. The molecule has 6 nitrogen and oxygen atoms in total. The molecule has 0 fully saturated rings. The largest absolute Gasteiger partial charge is 0.300 e. The molecule has 0 atom stereocenters. The third kappa shape index (κ3) is 2.82. The Morgan fingerprint density at radius 3 is 2.79 bits per heavy atom. The van der Waals surface area contributed by atoms with Crippen molar-refractivity contribution >= 4 is 54.4 Å². The quantitative estimate of drug-likeness (QED) is 0.512. The van der Waals surface area contributed by atoms with E-state index in [-0.39, 0.29) is 18.0 Å². The normalized spacial score (nSPS) is 11.3. The summed E-state index contributed by atoms with van der Waals surface area (Å²) >= 11 is 1.42. The Kier molecular flexibility index (Phi) is 3.87. The zero-order chi connectivity index (χ0) is 19.1. The number of anilines is 1. The summed E-state index contributed by atoms with van der Waals surface area (Å²) in [6, 6.07) is 19.3. The van der Waals surface area contributed by atoms with Crippen LogP contribution < -0.4 is 10.9 Å². The van der Waals surface area contributed by atoms with Crippen molar-refractivity contribution in [2.24, 2.45) is 0 Å². The molecule has 5 rings (SSSR count). The van der Waals surface area contributed by atoms with E-state index in [9.17, 15) is 9.59 Å². The van der Waals surface area contributed by atoms with Crippen molar-refractivity contribution in [1.29, 1.82) is 0 Å². The van der Waals surface area contributed by atoms with Gasteiger partial charge in [0.25, 0.3) is 5.56 Å². The Balaban J connectivity index is 1.47. The molecule has 0 aliphatic carbocycles. The van der Waals surface area contributed by atoms with E-state index in [4.69, 9.17) is 0 Å². The molecule has 0 aliphatic rings. The van der Waals surface area contributed by atoms with E-state index in [1.807, 2.05) is 54.6 Å². The molecule has 28 heavy (non-hydrogen) atoms. The molecule has 7 heteroatoms. The van der Waals surface area contributed by atoms with Gasteiger partial charge in [0.1, 0.15) is 6.54 Å². The Morgan fingerprint density at radius 2 is 1.86 bits per heavy atom. The molecular weight excluding hydrogens is 372 g/mol. The number of carbonyl (C=O) groups is 1. The molecule has 0 radical (unpaired) electrons. The van der Waals surface area contributed by atoms with Gasteiger partial charge in [-0.2, -0.15) is 0 Å². The summed E-state index contributed by atoms with van der Waals surface area (Å²) in [5, 5.41) is 5.50. The summed E-state index contributed by atoms with van der Waals surface area (Å²) in [4.78, 5) is 33.5. The monoisotopic (exact) mass is 386 g/mol. The number of rotatable bonds is 3. The van der Waals surface area contributed by atoms with Gasteiger partial charge in [0.2, 0.25) is 5.91 Å². The Labute approximate surface area is 163 Å². The highest BCUT2D eigenvalue weighted by Crippen LogP contribution is 2.31. The molecule has 0 unspecified atom stereocenters. The van der Waals surface area contributed by atoms with Gasteiger partial charge in [-0.05, 0) is 23.6 Å². The van der Waals surface area contributed by atoms with Gasteiger partial charge in [-0.3, -0.25) is 14.2 Å². The SMILES string of the molecule is O=C(Cn1c(=O)cnc2ccccc21)Nc1nc2c(ccc3ccccc32)s1. The third-order valence-electron chi connectivity index (χ3n) is 4.58. The first-order chi connectivity index (χ1) is 13.7. The number of carbonyl (C=O) groups excluding carboxylic acids is 1. The Bertz CT molecular complexity index is 1420. The van der Waals surface area contributed by atoms with Crippen LogP contribution in [0.2, 0.25) is 0 Å². The van der Waals surface area contributed by atoms with Crippen molar-refractivity contribution in [1.82, 2.24) is 14.5 Å². The number of nitrogens with zero attached hydrogens (tertiary/aromatic N) is 3. The van der Waals surface area contributed by atoms with Crippen LogP contribution in [0.3, 0.4) is 0 Å². The van der Waals surface area contributed by atoms with Crippen LogP contribution in [-0.4, -0.2) is 20.4 Å². The fourth-order valence-electron chi connectivity index (χ4n) is 3.30. The van der Waals surface area contributed by atoms with Crippen molar-refractivity contribution < 1.29 is 4.79 Å². The highest BCUT2D eigenvalue weighted by Gasteiger charge is 2.12. The Hall–Kier alpha value is -3.58. The first-order valence-corrected chi connectivity index (χ1v) is 9.53. The van der Waals surface area contributed by atoms with Crippen molar-refractivity contribution in [2.45, 2.75) is 6.54 Å². The summed E-state index contributed by atoms with van der Waals surface area (Å²) in [5.41, 5.74) is 1.84. The van der Waals surface area contributed by atoms with Gasteiger partial charge in [0.05, 0.1) is 27.4 Å². The smallest absolute Gasteiger partial charge is 0.269 e. The second-order valence-corrected chi connectivity index (χ2v) is 7.40. The number of fused-ring (bicyclic) bond motifs is 4. The van der Waals surface area contributed by atoms with Crippen LogP contribution in [0.15, 0.2) is 71.7 Å². The van der Waals surface area contributed by atoms with Crippen LogP contribution in [-0.2, 0) is 11.3 Å². The number of hydrogen-bond donors (Lipinski definition) is 1. The Morgan fingerprint density at radius 1 is 1.04 bits per heavy atom. The topological polar surface area (TPSA) is 76.9 Å². The van der Waals surface area contributed by atoms with E-state index in [2.05, 4.69) is 15.3 Å². The summed E-state index contributed by atoms with van der Waals surface area (Å²) in [7, 11) is 0. The van der Waals surface area contributed by atoms with Crippen LogP contribution in [0.5, 0.6) is 0 Å². The predicted molar refractivity (Wildman–Crippen MR) is 112 cm³/mol. The highest BCUT2D eigenvalue weighted by atomic mass is 32.1. The van der Waals surface area contributed by atoms with Gasteiger partial charge >= 0.3 is 0 Å². The molecule has 1 N–H and O–H groups in total. The van der Waals surface area contributed by atoms with E-state index in [1.54, 1.807) is 6.07 Å². The molecule has 5 aromatic rings. The van der Waals surface area contributed by atoms with Crippen LogP contribution in [0, 0.1) is 0 Å². The third-order valence-corrected chi connectivity index (χ3v) is 5.52. The maximum atomic E-state index is 12.6. The fraction of sp³-hybridized carbons (Fsp3) is 0.0476.